The molecule has 0 fully saturated rings. The van der Waals surface area contributed by atoms with Crippen molar-refractivity contribution in [3.8, 4) is 0 Å². The van der Waals surface area contributed by atoms with Crippen LogP contribution < -0.4 is 4.72 Å². The van der Waals surface area contributed by atoms with E-state index in [9.17, 15) is 18.0 Å². The van der Waals surface area contributed by atoms with E-state index in [2.05, 4.69) is 23.6 Å². The van der Waals surface area contributed by atoms with Crippen LogP contribution in [0.25, 0.3) is 0 Å². The maximum Gasteiger partial charge on any atom is 0.328 e. The fourth-order valence-corrected chi connectivity index (χ4v) is 3.97. The van der Waals surface area contributed by atoms with Crippen molar-refractivity contribution in [2.24, 2.45) is 4.99 Å². The molecule has 0 amide bonds. The second kappa shape index (κ2) is 7.93. The summed E-state index contributed by atoms with van der Waals surface area (Å²) in [5.74, 6) is -0.589. The Kier molecular flexibility index (Phi) is 5.60. The van der Waals surface area contributed by atoms with Crippen molar-refractivity contribution in [1.29, 1.82) is 0 Å². The van der Waals surface area contributed by atoms with E-state index in [0.717, 1.165) is 5.56 Å². The van der Waals surface area contributed by atoms with Crippen molar-refractivity contribution in [3.63, 3.8) is 0 Å². The molecule has 0 spiro atoms. The van der Waals surface area contributed by atoms with Gasteiger partial charge < -0.3 is 4.74 Å². The van der Waals surface area contributed by atoms with Crippen molar-refractivity contribution in [2.45, 2.75) is 24.7 Å². The molecule has 0 aliphatic carbocycles. The van der Waals surface area contributed by atoms with Crippen LogP contribution in [0.5, 0.6) is 0 Å². The lowest BCUT2D eigenvalue weighted by molar-refractivity contribution is -0.140. The summed E-state index contributed by atoms with van der Waals surface area (Å²) in [4.78, 5) is 28.1. The number of Topliss-reactive ketones (excluding diaryl/α,β-unsaturated/α-hetero) is 1. The van der Waals surface area contributed by atoms with Crippen molar-refractivity contribution in [2.75, 3.05) is 13.2 Å². The van der Waals surface area contributed by atoms with Gasteiger partial charge in [-0.25, -0.2) is 8.42 Å². The number of hydrogen-bond acceptors (Lipinski definition) is 6. The molecule has 7 nitrogen and oxygen atoms in total. The van der Waals surface area contributed by atoms with Crippen LogP contribution in [0.1, 0.15) is 41.3 Å². The van der Waals surface area contributed by atoms with E-state index in [1.165, 1.54) is 6.07 Å². The number of fused-ring (bicyclic) bond motifs is 1. The van der Waals surface area contributed by atoms with Crippen LogP contribution in [0.4, 0.5) is 0 Å². The molecule has 28 heavy (non-hydrogen) atoms. The molecular weight excluding hydrogens is 380 g/mol. The Hall–Kier alpha value is -3.00. The van der Waals surface area contributed by atoms with E-state index in [-0.39, 0.29) is 16.5 Å². The third-order valence-corrected chi connectivity index (χ3v) is 5.69. The lowest BCUT2D eigenvalue weighted by Crippen LogP contribution is -2.24. The summed E-state index contributed by atoms with van der Waals surface area (Å²) in [6.07, 6.45) is 0. The molecule has 0 atom stereocenters. The largest absolute Gasteiger partial charge is 0.456 e. The fraction of sp³-hybridized carbons (Fsp3) is 0.250. The van der Waals surface area contributed by atoms with Gasteiger partial charge in [0.05, 0.1) is 4.90 Å². The highest BCUT2D eigenvalue weighted by Crippen LogP contribution is 2.22. The van der Waals surface area contributed by atoms with Crippen molar-refractivity contribution in [1.82, 2.24) is 4.72 Å². The SMILES string of the molecule is CC(C)c1ccc(C(=O)COC(=O)CN=C2NS(=O)(=O)c3ccccc32)cc1. The maximum absolute atomic E-state index is 12.1. The molecule has 0 unspecified atom stereocenters. The molecule has 146 valence electrons. The van der Waals surface area contributed by atoms with E-state index >= 15 is 0 Å². The zero-order valence-electron chi connectivity index (χ0n) is 15.5. The summed E-state index contributed by atoms with van der Waals surface area (Å²) >= 11 is 0. The zero-order valence-corrected chi connectivity index (χ0v) is 16.3. The van der Waals surface area contributed by atoms with E-state index < -0.39 is 29.1 Å². The molecule has 1 N–H and O–H groups in total. The normalized spacial score (nSPS) is 15.9. The highest BCUT2D eigenvalue weighted by atomic mass is 32.2. The Morgan fingerprint density at radius 1 is 1.07 bits per heavy atom. The number of hydrogen-bond donors (Lipinski definition) is 1. The fourth-order valence-electron chi connectivity index (χ4n) is 2.72. The van der Waals surface area contributed by atoms with Gasteiger partial charge in [-0.05, 0) is 23.6 Å². The molecule has 0 radical (unpaired) electrons. The van der Waals surface area contributed by atoms with Crippen LogP contribution in [0.15, 0.2) is 58.4 Å². The predicted molar refractivity (Wildman–Crippen MR) is 104 cm³/mol. The standard InChI is InChI=1S/C20H20N2O5S/c1-13(2)14-7-9-15(10-8-14)17(23)12-27-19(24)11-21-20-16-5-3-4-6-18(16)28(25,26)22-20/h3-10,13H,11-12H2,1-2H3,(H,21,22). The highest BCUT2D eigenvalue weighted by molar-refractivity contribution is 7.90. The monoisotopic (exact) mass is 400 g/mol. The molecule has 2 aromatic carbocycles. The summed E-state index contributed by atoms with van der Waals surface area (Å²) < 4.78 is 31.3. The maximum atomic E-state index is 12.1. The third kappa shape index (κ3) is 4.28. The van der Waals surface area contributed by atoms with Crippen LogP contribution in [0, 0.1) is 0 Å². The minimum atomic E-state index is -3.66. The molecule has 2 aromatic rings. The summed E-state index contributed by atoms with van der Waals surface area (Å²) in [5, 5.41) is 0. The first-order valence-electron chi connectivity index (χ1n) is 8.73. The lowest BCUT2D eigenvalue weighted by atomic mass is 10.0. The van der Waals surface area contributed by atoms with Gasteiger partial charge in [-0.3, -0.25) is 19.3 Å². The van der Waals surface area contributed by atoms with Crippen molar-refractivity contribution < 1.29 is 22.7 Å². The predicted octanol–water partition coefficient (Wildman–Crippen LogP) is 2.27. The molecule has 3 rings (SSSR count). The van der Waals surface area contributed by atoms with E-state index in [1.807, 2.05) is 12.1 Å². The summed E-state index contributed by atoms with van der Waals surface area (Å²) in [6, 6.07) is 13.5. The molecule has 0 saturated heterocycles. The third-order valence-electron chi connectivity index (χ3n) is 4.29. The number of ether oxygens (including phenoxy) is 1. The minimum absolute atomic E-state index is 0.0863. The molecular formula is C20H20N2O5S. The molecule has 0 saturated carbocycles. The van der Waals surface area contributed by atoms with Crippen LogP contribution in [0.3, 0.4) is 0 Å². The molecule has 1 aliphatic heterocycles. The van der Waals surface area contributed by atoms with Gasteiger partial charge in [-0.2, -0.15) is 0 Å². The Bertz CT molecular complexity index is 1040. The number of amidine groups is 1. The quantitative estimate of drug-likeness (QED) is 0.592. The number of sulfonamides is 1. The molecule has 1 heterocycles. The van der Waals surface area contributed by atoms with Gasteiger partial charge in [0.25, 0.3) is 10.0 Å². The van der Waals surface area contributed by atoms with E-state index in [4.69, 9.17) is 4.74 Å². The van der Waals surface area contributed by atoms with Gasteiger partial charge in [-0.15, -0.1) is 0 Å². The summed E-state index contributed by atoms with van der Waals surface area (Å²) in [7, 11) is -3.66. The van der Waals surface area contributed by atoms with Gasteiger partial charge in [-0.1, -0.05) is 50.2 Å². The zero-order chi connectivity index (χ0) is 20.3. The van der Waals surface area contributed by atoms with Gasteiger partial charge in [0, 0.05) is 11.1 Å². The topological polar surface area (TPSA) is 102 Å². The van der Waals surface area contributed by atoms with E-state index in [0.29, 0.717) is 17.0 Å². The minimum Gasteiger partial charge on any atom is -0.456 e. The Balaban J connectivity index is 1.58. The van der Waals surface area contributed by atoms with Crippen LogP contribution in [0.2, 0.25) is 0 Å². The molecule has 0 bridgehead atoms. The molecule has 1 aliphatic rings. The first-order chi connectivity index (χ1) is 13.3. The highest BCUT2D eigenvalue weighted by Gasteiger charge is 2.30. The Labute approximate surface area is 163 Å². The first kappa shape index (κ1) is 19.8. The van der Waals surface area contributed by atoms with Gasteiger partial charge >= 0.3 is 5.97 Å². The van der Waals surface area contributed by atoms with Gasteiger partial charge in [0.2, 0.25) is 0 Å². The van der Waals surface area contributed by atoms with Crippen LogP contribution in [-0.4, -0.2) is 39.2 Å². The molecule has 8 heteroatoms. The Morgan fingerprint density at radius 3 is 2.43 bits per heavy atom. The summed E-state index contributed by atoms with van der Waals surface area (Å²) in [6.45, 7) is 3.32. The van der Waals surface area contributed by atoms with Crippen LogP contribution >= 0.6 is 0 Å². The van der Waals surface area contributed by atoms with Crippen LogP contribution in [-0.2, 0) is 19.6 Å². The lowest BCUT2D eigenvalue weighted by Gasteiger charge is -2.07. The number of carbonyl (C=O) groups excluding carboxylic acids is 2. The van der Waals surface area contributed by atoms with Crippen molar-refractivity contribution in [3.05, 3.63) is 65.2 Å². The number of esters is 1. The number of nitrogens with one attached hydrogen (secondary N) is 1. The number of carbonyl (C=O) groups is 2. The first-order valence-corrected chi connectivity index (χ1v) is 10.2. The average Bonchev–Trinajstić information content (AvgIpc) is 2.95. The van der Waals surface area contributed by atoms with Gasteiger partial charge in [0.1, 0.15) is 12.4 Å². The molecule has 0 aromatic heterocycles. The summed E-state index contributed by atoms with van der Waals surface area (Å²) in [5.41, 5.74) is 1.97. The smallest absolute Gasteiger partial charge is 0.328 e. The van der Waals surface area contributed by atoms with Gasteiger partial charge in [0.15, 0.2) is 12.4 Å². The Morgan fingerprint density at radius 2 is 1.75 bits per heavy atom. The van der Waals surface area contributed by atoms with Crippen molar-refractivity contribution >= 4 is 27.6 Å². The second-order valence-corrected chi connectivity index (χ2v) is 8.28. The number of ketones is 1. The van der Waals surface area contributed by atoms with E-state index in [1.54, 1.807) is 30.3 Å². The number of benzene rings is 2. The number of nitrogens with zero attached hydrogens (tertiary/aromatic N) is 1. The number of aliphatic imine (C=N–C) groups is 1. The second-order valence-electron chi connectivity index (χ2n) is 6.63. The average molecular weight is 400 g/mol. The number of rotatable bonds is 6.